The number of rotatable bonds is 5. The Balaban J connectivity index is 1.65. The Kier molecular flexibility index (Phi) is 4.96. The first kappa shape index (κ1) is 19.6. The van der Waals surface area contributed by atoms with Gasteiger partial charge in [-0.2, -0.15) is 5.10 Å². The molecule has 0 fully saturated rings. The molecule has 0 radical (unpaired) electrons. The van der Waals surface area contributed by atoms with Crippen molar-refractivity contribution in [2.75, 3.05) is 10.0 Å². The van der Waals surface area contributed by atoms with Crippen LogP contribution in [0.1, 0.15) is 21.7 Å². The monoisotopic (exact) mass is 421 g/mol. The molecule has 2 N–H and O–H groups in total. The predicted octanol–water partition coefficient (Wildman–Crippen LogP) is 3.40. The summed E-state index contributed by atoms with van der Waals surface area (Å²) in [4.78, 5) is 17.5. The molecule has 1 amide bonds. The molecule has 4 aromatic rings. The van der Waals surface area contributed by atoms with E-state index in [0.717, 1.165) is 11.4 Å². The van der Waals surface area contributed by atoms with Crippen LogP contribution in [0.15, 0.2) is 71.8 Å². The van der Waals surface area contributed by atoms with Gasteiger partial charge in [0.15, 0.2) is 5.65 Å². The van der Waals surface area contributed by atoms with Crippen LogP contribution in [-0.4, -0.2) is 28.9 Å². The summed E-state index contributed by atoms with van der Waals surface area (Å²) >= 11 is 0. The zero-order valence-corrected chi connectivity index (χ0v) is 17.1. The number of fused-ring (bicyclic) bond motifs is 1. The number of carbonyl (C=O) groups is 1. The topological polar surface area (TPSA) is 105 Å². The van der Waals surface area contributed by atoms with Crippen molar-refractivity contribution in [1.29, 1.82) is 0 Å². The van der Waals surface area contributed by atoms with Crippen molar-refractivity contribution < 1.29 is 13.2 Å². The number of aromatic nitrogens is 3. The number of anilines is 2. The normalized spacial score (nSPS) is 11.4. The minimum atomic E-state index is -3.80. The number of sulfonamides is 1. The Morgan fingerprint density at radius 2 is 1.63 bits per heavy atom. The maximum atomic E-state index is 12.9. The number of aryl methyl sites for hydroxylation is 2. The summed E-state index contributed by atoms with van der Waals surface area (Å²) in [7, 11) is -3.80. The average molecular weight is 421 g/mol. The predicted molar refractivity (Wildman–Crippen MR) is 114 cm³/mol. The molecule has 2 heterocycles. The van der Waals surface area contributed by atoms with Gasteiger partial charge in [0.25, 0.3) is 15.9 Å². The minimum Gasteiger partial charge on any atom is -0.320 e. The highest BCUT2D eigenvalue weighted by molar-refractivity contribution is 7.92. The van der Waals surface area contributed by atoms with Crippen LogP contribution < -0.4 is 10.0 Å². The van der Waals surface area contributed by atoms with E-state index in [1.54, 1.807) is 47.0 Å². The van der Waals surface area contributed by atoms with Crippen molar-refractivity contribution in [2.45, 2.75) is 18.7 Å². The molecule has 152 valence electrons. The van der Waals surface area contributed by atoms with Crippen LogP contribution in [0.25, 0.3) is 5.65 Å². The van der Waals surface area contributed by atoms with Gasteiger partial charge in [0.1, 0.15) is 5.56 Å². The van der Waals surface area contributed by atoms with E-state index in [1.807, 2.05) is 19.9 Å². The average Bonchev–Trinajstić information content (AvgIpc) is 3.14. The molecule has 0 bridgehead atoms. The van der Waals surface area contributed by atoms with E-state index in [1.165, 1.54) is 18.3 Å². The fourth-order valence-corrected chi connectivity index (χ4v) is 4.21. The van der Waals surface area contributed by atoms with E-state index < -0.39 is 15.9 Å². The second kappa shape index (κ2) is 7.60. The van der Waals surface area contributed by atoms with Crippen LogP contribution >= 0.6 is 0 Å². The Morgan fingerprint density at radius 1 is 0.967 bits per heavy atom. The highest BCUT2D eigenvalue weighted by Crippen LogP contribution is 2.25. The third-order valence-corrected chi connectivity index (χ3v) is 5.88. The Hall–Kier alpha value is -3.72. The third kappa shape index (κ3) is 3.74. The lowest BCUT2D eigenvalue weighted by molar-refractivity contribution is 0.102. The van der Waals surface area contributed by atoms with Crippen molar-refractivity contribution in [2.24, 2.45) is 0 Å². The van der Waals surface area contributed by atoms with Gasteiger partial charge in [-0.25, -0.2) is 17.9 Å². The summed E-state index contributed by atoms with van der Waals surface area (Å²) < 4.78 is 29.5. The summed E-state index contributed by atoms with van der Waals surface area (Å²) in [5.41, 5.74) is 2.94. The van der Waals surface area contributed by atoms with E-state index in [0.29, 0.717) is 16.9 Å². The van der Waals surface area contributed by atoms with Gasteiger partial charge in [-0.05, 0) is 44.2 Å². The summed E-state index contributed by atoms with van der Waals surface area (Å²) in [6.07, 6.45) is 1.45. The molecule has 2 aromatic heterocycles. The lowest BCUT2D eigenvalue weighted by atomic mass is 10.2. The van der Waals surface area contributed by atoms with Gasteiger partial charge < -0.3 is 5.32 Å². The van der Waals surface area contributed by atoms with Gasteiger partial charge in [-0.1, -0.05) is 30.3 Å². The molecule has 2 aromatic carbocycles. The second-order valence-electron chi connectivity index (χ2n) is 6.75. The molecule has 0 aliphatic heterocycles. The van der Waals surface area contributed by atoms with Crippen molar-refractivity contribution in [3.63, 3.8) is 0 Å². The van der Waals surface area contributed by atoms with Crippen LogP contribution in [0.4, 0.5) is 11.4 Å². The fourth-order valence-electron chi connectivity index (χ4n) is 3.10. The molecule has 0 unspecified atom stereocenters. The molecule has 0 spiro atoms. The zero-order chi connectivity index (χ0) is 21.3. The van der Waals surface area contributed by atoms with Crippen LogP contribution in [0.2, 0.25) is 0 Å². The highest BCUT2D eigenvalue weighted by Gasteiger charge is 2.19. The van der Waals surface area contributed by atoms with Gasteiger partial charge in [-0.15, -0.1) is 0 Å². The Labute approximate surface area is 173 Å². The first-order valence-corrected chi connectivity index (χ1v) is 10.6. The molecule has 0 saturated heterocycles. The van der Waals surface area contributed by atoms with Gasteiger partial charge in [-0.3, -0.25) is 9.52 Å². The fraction of sp³-hybridized carbons (Fsp3) is 0.0952. The van der Waals surface area contributed by atoms with Crippen LogP contribution in [-0.2, 0) is 10.0 Å². The largest absolute Gasteiger partial charge is 0.320 e. The molecule has 9 heteroatoms. The first-order chi connectivity index (χ1) is 14.3. The number of amides is 1. The van der Waals surface area contributed by atoms with Gasteiger partial charge in [0.05, 0.1) is 22.5 Å². The van der Waals surface area contributed by atoms with Crippen molar-refractivity contribution in [3.05, 3.63) is 83.8 Å². The number of nitrogens with zero attached hydrogens (tertiary/aromatic N) is 3. The molecule has 0 atom stereocenters. The third-order valence-electron chi connectivity index (χ3n) is 4.50. The SMILES string of the molecule is Cc1cc(C)n2ncc(C(=O)Nc3ccccc3NS(=O)(=O)c3ccccc3)c2n1. The highest BCUT2D eigenvalue weighted by atomic mass is 32.2. The second-order valence-corrected chi connectivity index (χ2v) is 8.43. The summed E-state index contributed by atoms with van der Waals surface area (Å²) in [5.74, 6) is -0.436. The maximum Gasteiger partial charge on any atom is 0.261 e. The van der Waals surface area contributed by atoms with Gasteiger partial charge >= 0.3 is 0 Å². The minimum absolute atomic E-state index is 0.129. The van der Waals surface area contributed by atoms with Crippen molar-refractivity contribution >= 4 is 33.0 Å². The van der Waals surface area contributed by atoms with E-state index in [-0.39, 0.29) is 10.6 Å². The molecule has 0 aliphatic rings. The van der Waals surface area contributed by atoms with E-state index in [4.69, 9.17) is 0 Å². The molecule has 0 saturated carbocycles. The first-order valence-electron chi connectivity index (χ1n) is 9.15. The Morgan fingerprint density at radius 3 is 2.37 bits per heavy atom. The number of hydrogen-bond acceptors (Lipinski definition) is 5. The number of nitrogens with one attached hydrogen (secondary N) is 2. The van der Waals surface area contributed by atoms with Crippen LogP contribution in [0.3, 0.4) is 0 Å². The zero-order valence-electron chi connectivity index (χ0n) is 16.3. The molecule has 0 aliphatic carbocycles. The van der Waals surface area contributed by atoms with E-state index in [2.05, 4.69) is 20.1 Å². The number of carbonyl (C=O) groups excluding carboxylic acids is 1. The Bertz CT molecular complexity index is 1350. The molecule has 30 heavy (non-hydrogen) atoms. The number of hydrogen-bond donors (Lipinski definition) is 2. The molecular weight excluding hydrogens is 402 g/mol. The van der Waals surface area contributed by atoms with E-state index in [9.17, 15) is 13.2 Å². The summed E-state index contributed by atoms with van der Waals surface area (Å²) in [5, 5.41) is 6.98. The van der Waals surface area contributed by atoms with Crippen LogP contribution in [0, 0.1) is 13.8 Å². The maximum absolute atomic E-state index is 12.9. The quantitative estimate of drug-likeness (QED) is 0.514. The van der Waals surface area contributed by atoms with Crippen molar-refractivity contribution in [1.82, 2.24) is 14.6 Å². The van der Waals surface area contributed by atoms with Crippen molar-refractivity contribution in [3.8, 4) is 0 Å². The van der Waals surface area contributed by atoms with E-state index >= 15 is 0 Å². The van der Waals surface area contributed by atoms with Gasteiger partial charge in [0, 0.05) is 11.4 Å². The summed E-state index contributed by atoms with van der Waals surface area (Å²) in [6, 6.07) is 16.5. The molecular formula is C21H19N5O3S. The lowest BCUT2D eigenvalue weighted by Crippen LogP contribution is -2.17. The smallest absolute Gasteiger partial charge is 0.261 e. The standard InChI is InChI=1S/C21H19N5O3S/c1-14-12-15(2)26-20(23-14)17(13-22-26)21(27)24-18-10-6-7-11-19(18)25-30(28,29)16-8-4-3-5-9-16/h3-13,25H,1-2H3,(H,24,27). The molecule has 4 rings (SSSR count). The lowest BCUT2D eigenvalue weighted by Gasteiger charge is -2.13. The summed E-state index contributed by atoms with van der Waals surface area (Å²) in [6.45, 7) is 3.72. The molecule has 8 nitrogen and oxygen atoms in total. The number of para-hydroxylation sites is 2. The number of benzene rings is 2. The van der Waals surface area contributed by atoms with Crippen LogP contribution in [0.5, 0.6) is 0 Å². The van der Waals surface area contributed by atoms with Gasteiger partial charge in [0.2, 0.25) is 0 Å².